The predicted molar refractivity (Wildman–Crippen MR) is 141 cm³/mol. The van der Waals surface area contributed by atoms with Gasteiger partial charge in [0.15, 0.2) is 0 Å². The molecule has 1 amide bonds. The molecule has 9 heteroatoms. The maximum atomic E-state index is 13.5. The van der Waals surface area contributed by atoms with Gasteiger partial charge in [-0.15, -0.1) is 0 Å². The molecule has 0 bridgehead atoms. The van der Waals surface area contributed by atoms with Gasteiger partial charge in [-0.2, -0.15) is 4.31 Å². The molecule has 37 heavy (non-hydrogen) atoms. The lowest BCUT2D eigenvalue weighted by atomic mass is 9.84. The number of aryl methyl sites for hydroxylation is 1. The zero-order valence-corrected chi connectivity index (χ0v) is 22.5. The Labute approximate surface area is 218 Å². The number of aromatic carboxylic acids is 1. The first kappa shape index (κ1) is 26.1. The third-order valence-electron chi connectivity index (χ3n) is 8.61. The number of hydrogen-bond acceptors (Lipinski definition) is 5. The van der Waals surface area contributed by atoms with Crippen LogP contribution in [0.5, 0.6) is 0 Å². The van der Waals surface area contributed by atoms with Gasteiger partial charge in [0.05, 0.1) is 16.0 Å². The number of rotatable bonds is 5. The Morgan fingerprint density at radius 1 is 1.00 bits per heavy atom. The first-order valence-electron chi connectivity index (χ1n) is 13.6. The van der Waals surface area contributed by atoms with E-state index >= 15 is 0 Å². The fraction of sp³-hybridized carbons (Fsp3) is 0.607. The number of nitrogens with one attached hydrogen (secondary N) is 1. The highest BCUT2D eigenvalue weighted by Gasteiger charge is 2.34. The molecule has 3 aliphatic rings. The van der Waals surface area contributed by atoms with Gasteiger partial charge in [-0.25, -0.2) is 13.2 Å². The maximum Gasteiger partial charge on any atom is 0.336 e. The number of benzene rings is 1. The first-order chi connectivity index (χ1) is 17.6. The SMILES string of the molecule is CC1CCC(NC(=O)C2CCN(S(=O)(=O)c3ccc4nc5c(c(C(=O)O)c4c3)C[C@H](C)CC5)CC2)CC1. The molecule has 200 valence electrons. The number of carboxylic acids is 1. The summed E-state index contributed by atoms with van der Waals surface area (Å²) in [6.45, 7) is 4.88. The Balaban J connectivity index is 1.33. The second-order valence-corrected chi connectivity index (χ2v) is 13.3. The average molecular weight is 528 g/mol. The van der Waals surface area contributed by atoms with Crippen molar-refractivity contribution in [2.24, 2.45) is 17.8 Å². The lowest BCUT2D eigenvalue weighted by Gasteiger charge is -2.33. The molecular weight excluding hydrogens is 490 g/mol. The molecule has 1 aromatic carbocycles. The van der Waals surface area contributed by atoms with Crippen LogP contribution < -0.4 is 5.32 Å². The predicted octanol–water partition coefficient (Wildman–Crippen LogP) is 4.15. The molecular formula is C28H37N3O5S. The van der Waals surface area contributed by atoms with Crippen molar-refractivity contribution in [3.05, 3.63) is 35.0 Å². The molecule has 0 radical (unpaired) electrons. The molecule has 5 rings (SSSR count). The number of aromatic nitrogens is 1. The van der Waals surface area contributed by atoms with E-state index in [2.05, 4.69) is 19.2 Å². The number of carboxylic acid groups (broad SMARTS) is 1. The summed E-state index contributed by atoms with van der Waals surface area (Å²) in [6.07, 6.45) is 7.58. The number of carbonyl (C=O) groups excluding carboxylic acids is 1. The van der Waals surface area contributed by atoms with E-state index in [9.17, 15) is 23.1 Å². The number of carbonyl (C=O) groups is 2. The van der Waals surface area contributed by atoms with Gasteiger partial charge in [0.2, 0.25) is 15.9 Å². The summed E-state index contributed by atoms with van der Waals surface area (Å²) in [5, 5.41) is 13.6. The standard InChI is InChI=1S/C28H37N3O5S/c1-17-3-6-20(7-4-17)29-27(32)19-11-13-31(14-12-19)37(35,36)21-8-10-25-23(16-21)26(28(33)34)22-15-18(2)5-9-24(22)30-25/h8,10,16-20H,3-7,9,11-15H2,1-2H3,(H,29,32)(H,33,34)/t17?,18-,20?/m1/s1. The number of pyridine rings is 1. The van der Waals surface area contributed by atoms with Crippen LogP contribution in [-0.4, -0.2) is 53.8 Å². The van der Waals surface area contributed by atoms with Crippen LogP contribution in [0.4, 0.5) is 0 Å². The second kappa shape index (κ2) is 10.3. The van der Waals surface area contributed by atoms with E-state index in [0.29, 0.717) is 42.0 Å². The van der Waals surface area contributed by atoms with Gasteiger partial charge in [-0.1, -0.05) is 13.8 Å². The molecule has 1 aliphatic heterocycles. The molecule has 2 aromatic rings. The number of amides is 1. The summed E-state index contributed by atoms with van der Waals surface area (Å²) in [6, 6.07) is 4.85. The molecule has 0 spiro atoms. The number of nitrogens with zero attached hydrogens (tertiary/aromatic N) is 2. The second-order valence-electron chi connectivity index (χ2n) is 11.4. The monoisotopic (exact) mass is 527 g/mol. The van der Waals surface area contributed by atoms with E-state index in [1.54, 1.807) is 6.07 Å². The van der Waals surface area contributed by atoms with Crippen LogP contribution in [0.25, 0.3) is 10.9 Å². The largest absolute Gasteiger partial charge is 0.478 e. The Bertz CT molecular complexity index is 1310. The number of fused-ring (bicyclic) bond motifs is 2. The fourth-order valence-electron chi connectivity index (χ4n) is 6.23. The highest BCUT2D eigenvalue weighted by atomic mass is 32.2. The van der Waals surface area contributed by atoms with Gasteiger partial charge < -0.3 is 10.4 Å². The van der Waals surface area contributed by atoms with E-state index < -0.39 is 16.0 Å². The van der Waals surface area contributed by atoms with Gasteiger partial charge in [-0.05, 0) is 93.4 Å². The van der Waals surface area contributed by atoms with E-state index in [4.69, 9.17) is 4.98 Å². The molecule has 2 aliphatic carbocycles. The van der Waals surface area contributed by atoms with E-state index in [1.807, 2.05) is 0 Å². The van der Waals surface area contributed by atoms with Crippen LogP contribution in [0.2, 0.25) is 0 Å². The van der Waals surface area contributed by atoms with Gasteiger partial charge in [0, 0.05) is 36.1 Å². The summed E-state index contributed by atoms with van der Waals surface area (Å²) in [4.78, 5) is 29.9. The van der Waals surface area contributed by atoms with Crippen molar-refractivity contribution >= 4 is 32.8 Å². The van der Waals surface area contributed by atoms with E-state index in [0.717, 1.165) is 49.8 Å². The Hall–Kier alpha value is -2.52. The zero-order valence-electron chi connectivity index (χ0n) is 21.7. The summed E-state index contributed by atoms with van der Waals surface area (Å²) >= 11 is 0. The van der Waals surface area contributed by atoms with Crippen molar-refractivity contribution < 1.29 is 23.1 Å². The third kappa shape index (κ3) is 5.25. The topological polar surface area (TPSA) is 117 Å². The van der Waals surface area contributed by atoms with Crippen molar-refractivity contribution in [1.82, 2.24) is 14.6 Å². The van der Waals surface area contributed by atoms with Gasteiger partial charge in [0.1, 0.15) is 0 Å². The number of sulfonamides is 1. The Morgan fingerprint density at radius 2 is 1.70 bits per heavy atom. The maximum absolute atomic E-state index is 13.5. The third-order valence-corrected chi connectivity index (χ3v) is 10.5. The summed E-state index contributed by atoms with van der Waals surface area (Å²) in [5.74, 6) is -0.117. The number of hydrogen-bond donors (Lipinski definition) is 2. The van der Waals surface area contributed by atoms with E-state index in [-0.39, 0.29) is 41.4 Å². The molecule has 2 heterocycles. The first-order valence-corrected chi connectivity index (χ1v) is 15.1. The average Bonchev–Trinajstić information content (AvgIpc) is 2.88. The summed E-state index contributed by atoms with van der Waals surface area (Å²) in [7, 11) is -3.83. The van der Waals surface area contributed by atoms with Crippen molar-refractivity contribution in [2.75, 3.05) is 13.1 Å². The highest BCUT2D eigenvalue weighted by molar-refractivity contribution is 7.89. The van der Waals surface area contributed by atoms with Crippen molar-refractivity contribution in [2.45, 2.75) is 82.6 Å². The van der Waals surface area contributed by atoms with E-state index in [1.165, 1.54) is 16.4 Å². The van der Waals surface area contributed by atoms with Gasteiger partial charge >= 0.3 is 5.97 Å². The minimum atomic E-state index is -3.83. The highest BCUT2D eigenvalue weighted by Crippen LogP contribution is 2.34. The van der Waals surface area contributed by atoms with Gasteiger partial charge in [0.25, 0.3) is 0 Å². The van der Waals surface area contributed by atoms with Crippen LogP contribution in [0.15, 0.2) is 23.1 Å². The molecule has 1 saturated carbocycles. The van der Waals surface area contributed by atoms with Crippen molar-refractivity contribution in [1.29, 1.82) is 0 Å². The lowest BCUT2D eigenvalue weighted by Crippen LogP contribution is -2.46. The normalized spacial score (nSPS) is 25.5. The van der Waals surface area contributed by atoms with Crippen LogP contribution in [0, 0.1) is 17.8 Å². The smallest absolute Gasteiger partial charge is 0.336 e. The Morgan fingerprint density at radius 3 is 2.38 bits per heavy atom. The van der Waals surface area contributed by atoms with Crippen LogP contribution >= 0.6 is 0 Å². The Kier molecular flexibility index (Phi) is 7.29. The fourth-order valence-corrected chi connectivity index (χ4v) is 7.72. The molecule has 8 nitrogen and oxygen atoms in total. The van der Waals surface area contributed by atoms with Crippen LogP contribution in [0.3, 0.4) is 0 Å². The molecule has 2 fully saturated rings. The summed E-state index contributed by atoms with van der Waals surface area (Å²) < 4.78 is 28.5. The zero-order chi connectivity index (χ0) is 26.3. The quantitative estimate of drug-likeness (QED) is 0.603. The minimum Gasteiger partial charge on any atom is -0.478 e. The molecule has 1 aromatic heterocycles. The lowest BCUT2D eigenvalue weighted by molar-refractivity contribution is -0.127. The molecule has 2 N–H and O–H groups in total. The summed E-state index contributed by atoms with van der Waals surface area (Å²) in [5.41, 5.74) is 2.22. The molecule has 1 saturated heterocycles. The molecule has 1 atom stereocenters. The van der Waals surface area contributed by atoms with Crippen molar-refractivity contribution in [3.63, 3.8) is 0 Å². The number of piperidine rings is 1. The van der Waals surface area contributed by atoms with Gasteiger partial charge in [-0.3, -0.25) is 9.78 Å². The van der Waals surface area contributed by atoms with Crippen molar-refractivity contribution in [3.8, 4) is 0 Å². The molecule has 0 unspecified atom stereocenters. The van der Waals surface area contributed by atoms with Crippen LogP contribution in [0.1, 0.15) is 80.4 Å². The minimum absolute atomic E-state index is 0.0403. The van der Waals surface area contributed by atoms with Crippen LogP contribution in [-0.2, 0) is 27.7 Å².